The molecule has 0 bridgehead atoms. The van der Waals surface area contributed by atoms with Crippen LogP contribution in [0.1, 0.15) is 29.7 Å². The highest BCUT2D eigenvalue weighted by atomic mass is 16.5. The van der Waals surface area contributed by atoms with Gasteiger partial charge in [-0.2, -0.15) is 0 Å². The molecule has 23 heavy (non-hydrogen) atoms. The van der Waals surface area contributed by atoms with Crippen LogP contribution in [0, 0.1) is 13.8 Å². The zero-order valence-corrected chi connectivity index (χ0v) is 14.1. The molecule has 0 aliphatic rings. The molecule has 2 aromatic carbocycles. The van der Waals surface area contributed by atoms with Crippen molar-refractivity contribution in [2.75, 3.05) is 13.7 Å². The van der Waals surface area contributed by atoms with E-state index in [4.69, 9.17) is 9.47 Å². The first-order valence-corrected chi connectivity index (χ1v) is 7.62. The summed E-state index contributed by atoms with van der Waals surface area (Å²) in [5.41, 5.74) is 3.25. The molecule has 0 fully saturated rings. The van der Waals surface area contributed by atoms with Crippen LogP contribution in [-0.4, -0.2) is 19.6 Å². The highest BCUT2D eigenvalue weighted by Crippen LogP contribution is 2.18. The maximum absolute atomic E-state index is 12.0. The Morgan fingerprint density at radius 3 is 2.22 bits per heavy atom. The van der Waals surface area contributed by atoms with Crippen molar-refractivity contribution in [2.24, 2.45) is 0 Å². The Bertz CT molecular complexity index is 645. The van der Waals surface area contributed by atoms with E-state index in [1.807, 2.05) is 57.2 Å². The second-order valence-electron chi connectivity index (χ2n) is 5.67. The molecule has 0 aliphatic carbocycles. The molecule has 1 N–H and O–H groups in total. The summed E-state index contributed by atoms with van der Waals surface area (Å²) in [7, 11) is 1.63. The van der Waals surface area contributed by atoms with Gasteiger partial charge >= 0.3 is 0 Å². The topological polar surface area (TPSA) is 47.6 Å². The van der Waals surface area contributed by atoms with Crippen molar-refractivity contribution in [1.29, 1.82) is 0 Å². The molecule has 0 aromatic heterocycles. The van der Waals surface area contributed by atoms with Crippen molar-refractivity contribution in [2.45, 2.75) is 26.8 Å². The fourth-order valence-corrected chi connectivity index (χ4v) is 2.42. The Kier molecular flexibility index (Phi) is 5.63. The van der Waals surface area contributed by atoms with Gasteiger partial charge in [0, 0.05) is 0 Å². The second-order valence-corrected chi connectivity index (χ2v) is 5.67. The summed E-state index contributed by atoms with van der Waals surface area (Å²) in [5.74, 6) is 1.37. The summed E-state index contributed by atoms with van der Waals surface area (Å²) >= 11 is 0. The van der Waals surface area contributed by atoms with E-state index in [0.717, 1.165) is 28.2 Å². The summed E-state index contributed by atoms with van der Waals surface area (Å²) in [6.45, 7) is 5.96. The van der Waals surface area contributed by atoms with E-state index in [1.54, 1.807) is 7.11 Å². The first kappa shape index (κ1) is 16.9. The van der Waals surface area contributed by atoms with Gasteiger partial charge in [0.2, 0.25) is 0 Å². The third-order valence-electron chi connectivity index (χ3n) is 3.56. The van der Waals surface area contributed by atoms with Gasteiger partial charge in [0.25, 0.3) is 5.91 Å². The number of amides is 1. The molecule has 1 amide bonds. The molecule has 4 nitrogen and oxygen atoms in total. The van der Waals surface area contributed by atoms with E-state index in [0.29, 0.717) is 0 Å². The quantitative estimate of drug-likeness (QED) is 0.887. The van der Waals surface area contributed by atoms with Crippen LogP contribution in [0.15, 0.2) is 42.5 Å². The Morgan fingerprint density at radius 1 is 1.04 bits per heavy atom. The Hall–Kier alpha value is -2.49. The molecule has 4 heteroatoms. The van der Waals surface area contributed by atoms with Gasteiger partial charge in [0.1, 0.15) is 11.5 Å². The third kappa shape index (κ3) is 5.02. The molecule has 0 heterocycles. The summed E-state index contributed by atoms with van der Waals surface area (Å²) in [6, 6.07) is 13.5. The zero-order chi connectivity index (χ0) is 16.8. The van der Waals surface area contributed by atoms with Gasteiger partial charge in [-0.05, 0) is 61.7 Å². The number of aryl methyl sites for hydroxylation is 2. The van der Waals surface area contributed by atoms with Crippen LogP contribution in [0.4, 0.5) is 0 Å². The Labute approximate surface area is 137 Å². The second kappa shape index (κ2) is 7.68. The van der Waals surface area contributed by atoms with Crippen LogP contribution in [0.5, 0.6) is 11.5 Å². The highest BCUT2D eigenvalue weighted by molar-refractivity contribution is 5.78. The lowest BCUT2D eigenvalue weighted by Gasteiger charge is -2.15. The number of methoxy groups -OCH3 is 1. The predicted molar refractivity (Wildman–Crippen MR) is 91.0 cm³/mol. The van der Waals surface area contributed by atoms with Crippen LogP contribution in [0.2, 0.25) is 0 Å². The molecule has 0 saturated heterocycles. The largest absolute Gasteiger partial charge is 0.497 e. The van der Waals surface area contributed by atoms with Crippen LogP contribution in [-0.2, 0) is 4.79 Å². The van der Waals surface area contributed by atoms with Crippen LogP contribution in [0.25, 0.3) is 0 Å². The molecule has 122 valence electrons. The lowest BCUT2D eigenvalue weighted by atomic mass is 10.1. The van der Waals surface area contributed by atoms with Gasteiger partial charge in [-0.3, -0.25) is 4.79 Å². The summed E-state index contributed by atoms with van der Waals surface area (Å²) in [5, 5.41) is 2.93. The molecular weight excluding hydrogens is 290 g/mol. The van der Waals surface area contributed by atoms with Gasteiger partial charge < -0.3 is 14.8 Å². The molecule has 0 spiro atoms. The van der Waals surface area contributed by atoms with Crippen molar-refractivity contribution in [1.82, 2.24) is 5.32 Å². The average molecular weight is 313 g/mol. The van der Waals surface area contributed by atoms with Crippen LogP contribution >= 0.6 is 0 Å². The SMILES string of the molecule is COc1ccc([C@H](C)NC(=O)COc2cc(C)cc(C)c2)cc1. The summed E-state index contributed by atoms with van der Waals surface area (Å²) in [4.78, 5) is 12.0. The van der Waals surface area contributed by atoms with Crippen molar-refractivity contribution in [3.8, 4) is 11.5 Å². The monoisotopic (exact) mass is 313 g/mol. The maximum atomic E-state index is 12.0. The smallest absolute Gasteiger partial charge is 0.258 e. The highest BCUT2D eigenvalue weighted by Gasteiger charge is 2.10. The van der Waals surface area contributed by atoms with Gasteiger partial charge in [-0.15, -0.1) is 0 Å². The minimum absolute atomic E-state index is 0.00336. The summed E-state index contributed by atoms with van der Waals surface area (Å²) in [6.07, 6.45) is 0. The number of carbonyl (C=O) groups excluding carboxylic acids is 1. The standard InChI is InChI=1S/C19H23NO3/c1-13-9-14(2)11-18(10-13)23-12-19(21)20-15(3)16-5-7-17(22-4)8-6-16/h5-11,15H,12H2,1-4H3,(H,20,21)/t15-/m0/s1. The van der Waals surface area contributed by atoms with Crippen molar-refractivity contribution in [3.63, 3.8) is 0 Å². The zero-order valence-electron chi connectivity index (χ0n) is 14.1. The van der Waals surface area contributed by atoms with Gasteiger partial charge in [0.05, 0.1) is 13.2 Å². The van der Waals surface area contributed by atoms with Crippen molar-refractivity contribution < 1.29 is 14.3 Å². The molecular formula is C19H23NO3. The minimum Gasteiger partial charge on any atom is -0.497 e. The average Bonchev–Trinajstić information content (AvgIpc) is 2.52. The van der Waals surface area contributed by atoms with Crippen LogP contribution in [0.3, 0.4) is 0 Å². The van der Waals surface area contributed by atoms with Gasteiger partial charge in [0.15, 0.2) is 6.61 Å². The van der Waals surface area contributed by atoms with Gasteiger partial charge in [-0.25, -0.2) is 0 Å². The van der Waals surface area contributed by atoms with Crippen molar-refractivity contribution >= 4 is 5.91 Å². The molecule has 0 radical (unpaired) electrons. The normalized spacial score (nSPS) is 11.7. The maximum Gasteiger partial charge on any atom is 0.258 e. The molecule has 0 saturated carbocycles. The fraction of sp³-hybridized carbons (Fsp3) is 0.316. The van der Waals surface area contributed by atoms with Crippen LogP contribution < -0.4 is 14.8 Å². The molecule has 2 rings (SSSR count). The number of rotatable bonds is 6. The first-order valence-electron chi connectivity index (χ1n) is 7.62. The number of hydrogen-bond acceptors (Lipinski definition) is 3. The molecule has 1 atom stereocenters. The van der Waals surface area contributed by atoms with E-state index in [1.165, 1.54) is 0 Å². The van der Waals surface area contributed by atoms with Gasteiger partial charge in [-0.1, -0.05) is 18.2 Å². The molecule has 2 aromatic rings. The van der Waals surface area contributed by atoms with E-state index < -0.39 is 0 Å². The number of ether oxygens (including phenoxy) is 2. The minimum atomic E-state index is -0.146. The molecule has 0 aliphatic heterocycles. The Balaban J connectivity index is 1.88. The van der Waals surface area contributed by atoms with E-state index in [2.05, 4.69) is 11.4 Å². The summed E-state index contributed by atoms with van der Waals surface area (Å²) < 4.78 is 10.7. The third-order valence-corrected chi connectivity index (χ3v) is 3.56. The van der Waals surface area contributed by atoms with E-state index in [9.17, 15) is 4.79 Å². The predicted octanol–water partition coefficient (Wildman–Crippen LogP) is 3.57. The number of nitrogens with one attached hydrogen (secondary N) is 1. The molecule has 0 unspecified atom stereocenters. The first-order chi connectivity index (χ1) is 11.0. The number of carbonyl (C=O) groups is 1. The fourth-order valence-electron chi connectivity index (χ4n) is 2.42. The number of benzene rings is 2. The van der Waals surface area contributed by atoms with E-state index in [-0.39, 0.29) is 18.6 Å². The lowest BCUT2D eigenvalue weighted by Crippen LogP contribution is -2.31. The van der Waals surface area contributed by atoms with Crippen molar-refractivity contribution in [3.05, 3.63) is 59.2 Å². The number of hydrogen-bond donors (Lipinski definition) is 1. The lowest BCUT2D eigenvalue weighted by molar-refractivity contribution is -0.123. The van der Waals surface area contributed by atoms with E-state index >= 15 is 0 Å². The Morgan fingerprint density at radius 2 is 1.65 bits per heavy atom.